The summed E-state index contributed by atoms with van der Waals surface area (Å²) in [6.45, 7) is 6.84. The summed E-state index contributed by atoms with van der Waals surface area (Å²) >= 11 is 0. The lowest BCUT2D eigenvalue weighted by Gasteiger charge is -2.23. The van der Waals surface area contributed by atoms with Gasteiger partial charge in [-0.2, -0.15) is 0 Å². The smallest absolute Gasteiger partial charge is 0.224 e. The van der Waals surface area contributed by atoms with Crippen molar-refractivity contribution in [2.45, 2.75) is 39.3 Å². The number of amides is 1. The number of carbonyl (C=O) groups is 1. The summed E-state index contributed by atoms with van der Waals surface area (Å²) in [5.41, 5.74) is 0.863. The zero-order chi connectivity index (χ0) is 15.4. The third-order valence-corrected chi connectivity index (χ3v) is 3.72. The lowest BCUT2D eigenvalue weighted by molar-refractivity contribution is -0.132. The number of fused-ring (bicyclic) bond motifs is 1. The topological polar surface area (TPSA) is 45.5 Å². The van der Waals surface area contributed by atoms with Crippen molar-refractivity contribution in [1.82, 2.24) is 10.2 Å². The number of hydrogen-bond acceptors (Lipinski definition) is 3. The lowest BCUT2D eigenvalue weighted by atomic mass is 10.2. The van der Waals surface area contributed by atoms with E-state index in [0.717, 1.165) is 16.7 Å². The van der Waals surface area contributed by atoms with Gasteiger partial charge in [-0.05, 0) is 19.1 Å². The van der Waals surface area contributed by atoms with Gasteiger partial charge in [0.1, 0.15) is 11.3 Å². The van der Waals surface area contributed by atoms with Crippen LogP contribution in [-0.2, 0) is 4.79 Å². The fourth-order valence-corrected chi connectivity index (χ4v) is 2.26. The first-order valence-corrected chi connectivity index (χ1v) is 7.46. The fourth-order valence-electron chi connectivity index (χ4n) is 2.26. The van der Waals surface area contributed by atoms with Gasteiger partial charge in [0.15, 0.2) is 0 Å². The number of nitrogens with zero attached hydrogens (tertiary/aromatic N) is 1. The van der Waals surface area contributed by atoms with Crippen LogP contribution >= 0.6 is 0 Å². The van der Waals surface area contributed by atoms with E-state index in [1.54, 1.807) is 4.90 Å². The maximum Gasteiger partial charge on any atom is 0.224 e. The van der Waals surface area contributed by atoms with Crippen molar-refractivity contribution in [1.29, 1.82) is 0 Å². The van der Waals surface area contributed by atoms with Crippen molar-refractivity contribution in [3.8, 4) is 0 Å². The summed E-state index contributed by atoms with van der Waals surface area (Å²) in [4.78, 5) is 13.9. The molecule has 1 N–H and O–H groups in total. The summed E-state index contributed by atoms with van der Waals surface area (Å²) in [6.07, 6.45) is 0.499. The first-order valence-electron chi connectivity index (χ1n) is 7.46. The number of carbonyl (C=O) groups excluding carboxylic acids is 1. The van der Waals surface area contributed by atoms with Crippen molar-refractivity contribution in [3.05, 3.63) is 36.1 Å². The number of nitrogens with one attached hydrogen (secondary N) is 1. The van der Waals surface area contributed by atoms with Crippen molar-refractivity contribution >= 4 is 16.9 Å². The van der Waals surface area contributed by atoms with E-state index in [0.29, 0.717) is 19.0 Å². The van der Waals surface area contributed by atoms with Gasteiger partial charge >= 0.3 is 0 Å². The average Bonchev–Trinajstić information content (AvgIpc) is 2.89. The molecule has 1 unspecified atom stereocenters. The van der Waals surface area contributed by atoms with Gasteiger partial charge in [0.25, 0.3) is 0 Å². The summed E-state index contributed by atoms with van der Waals surface area (Å²) in [5, 5.41) is 4.33. The van der Waals surface area contributed by atoms with Crippen molar-refractivity contribution in [2.24, 2.45) is 0 Å². The Hall–Kier alpha value is -1.81. The second-order valence-corrected chi connectivity index (χ2v) is 5.73. The Morgan fingerprint density at radius 3 is 2.67 bits per heavy atom. The summed E-state index contributed by atoms with van der Waals surface area (Å²) in [5.74, 6) is 0.944. The molecule has 1 amide bonds. The van der Waals surface area contributed by atoms with Gasteiger partial charge in [0, 0.05) is 31.4 Å². The molecule has 0 fully saturated rings. The van der Waals surface area contributed by atoms with E-state index in [9.17, 15) is 4.79 Å². The second kappa shape index (κ2) is 6.76. The van der Waals surface area contributed by atoms with Crippen LogP contribution in [0, 0.1) is 0 Å². The van der Waals surface area contributed by atoms with Crippen LogP contribution in [0.3, 0.4) is 0 Å². The highest BCUT2D eigenvalue weighted by molar-refractivity contribution is 5.79. The van der Waals surface area contributed by atoms with E-state index in [4.69, 9.17) is 4.42 Å². The van der Waals surface area contributed by atoms with Crippen LogP contribution in [0.4, 0.5) is 0 Å². The van der Waals surface area contributed by atoms with Crippen molar-refractivity contribution in [2.75, 3.05) is 13.6 Å². The first-order chi connectivity index (χ1) is 9.99. The molecule has 0 saturated carbocycles. The summed E-state index contributed by atoms with van der Waals surface area (Å²) < 4.78 is 5.83. The quantitative estimate of drug-likeness (QED) is 0.886. The molecule has 1 aromatic heterocycles. The Kier molecular flexibility index (Phi) is 5.02. The van der Waals surface area contributed by atoms with Crippen LogP contribution in [0.1, 0.15) is 39.0 Å². The Labute approximate surface area is 126 Å². The number of furan rings is 1. The van der Waals surface area contributed by atoms with Crippen molar-refractivity contribution < 1.29 is 9.21 Å². The summed E-state index contributed by atoms with van der Waals surface area (Å²) in [7, 11) is 1.83. The van der Waals surface area contributed by atoms with Crippen LogP contribution in [0.5, 0.6) is 0 Å². The Bertz CT molecular complexity index is 571. The van der Waals surface area contributed by atoms with Gasteiger partial charge < -0.3 is 14.6 Å². The summed E-state index contributed by atoms with van der Waals surface area (Å²) in [6, 6.07) is 10.2. The molecule has 1 atom stereocenters. The molecule has 0 aliphatic carbocycles. The molecule has 4 nitrogen and oxygen atoms in total. The normalized spacial score (nSPS) is 12.8. The minimum absolute atomic E-state index is 0.0658. The van der Waals surface area contributed by atoms with Gasteiger partial charge in [-0.1, -0.05) is 32.0 Å². The van der Waals surface area contributed by atoms with Crippen LogP contribution in [0.25, 0.3) is 11.0 Å². The number of hydrogen-bond donors (Lipinski definition) is 1. The third-order valence-electron chi connectivity index (χ3n) is 3.72. The minimum atomic E-state index is -0.0658. The third kappa shape index (κ3) is 3.85. The van der Waals surface area contributed by atoms with Crippen LogP contribution in [0.2, 0.25) is 0 Å². The predicted octanol–water partition coefficient (Wildman–Crippen LogP) is 3.34. The van der Waals surface area contributed by atoms with E-state index < -0.39 is 0 Å². The number of benzene rings is 1. The molecule has 114 valence electrons. The molecule has 1 heterocycles. The van der Waals surface area contributed by atoms with Crippen LogP contribution < -0.4 is 5.32 Å². The monoisotopic (exact) mass is 288 g/mol. The zero-order valence-corrected chi connectivity index (χ0v) is 13.2. The molecule has 4 heteroatoms. The molecule has 0 spiro atoms. The molecule has 0 aliphatic rings. The molecule has 21 heavy (non-hydrogen) atoms. The Morgan fingerprint density at radius 2 is 2.00 bits per heavy atom. The molecule has 2 rings (SSSR count). The van der Waals surface area contributed by atoms with Gasteiger partial charge in [-0.25, -0.2) is 0 Å². The largest absolute Gasteiger partial charge is 0.459 e. The maximum atomic E-state index is 12.2. The minimum Gasteiger partial charge on any atom is -0.459 e. The molecular weight excluding hydrogens is 264 g/mol. The molecule has 0 radical (unpaired) electrons. The molecule has 2 aromatic rings. The first kappa shape index (κ1) is 15.6. The van der Waals surface area contributed by atoms with Gasteiger partial charge in [0.2, 0.25) is 5.91 Å². The van der Waals surface area contributed by atoms with Crippen LogP contribution in [0.15, 0.2) is 34.7 Å². The maximum absolute atomic E-state index is 12.2. The predicted molar refractivity (Wildman–Crippen MR) is 85.2 cm³/mol. The van der Waals surface area contributed by atoms with E-state index in [2.05, 4.69) is 19.2 Å². The fraction of sp³-hybridized carbons (Fsp3) is 0.471. The molecule has 0 bridgehead atoms. The highest BCUT2D eigenvalue weighted by Crippen LogP contribution is 2.26. The van der Waals surface area contributed by atoms with Gasteiger partial charge in [0.05, 0.1) is 6.04 Å². The van der Waals surface area contributed by atoms with Crippen molar-refractivity contribution in [3.63, 3.8) is 0 Å². The molecule has 1 aromatic carbocycles. The average molecular weight is 288 g/mol. The Morgan fingerprint density at radius 1 is 1.29 bits per heavy atom. The SMILES string of the molecule is CC(C)NCCC(=O)N(C)C(C)c1cc2ccccc2o1. The Balaban J connectivity index is 2.00. The van der Waals surface area contributed by atoms with E-state index in [1.807, 2.05) is 44.3 Å². The van der Waals surface area contributed by atoms with E-state index in [1.165, 1.54) is 0 Å². The molecular formula is C17H24N2O2. The second-order valence-electron chi connectivity index (χ2n) is 5.73. The lowest BCUT2D eigenvalue weighted by Crippen LogP contribution is -2.33. The number of rotatable bonds is 6. The van der Waals surface area contributed by atoms with Gasteiger partial charge in [-0.3, -0.25) is 4.79 Å². The standard InChI is InChI=1S/C17H24N2O2/c1-12(2)18-10-9-17(20)19(4)13(3)16-11-14-7-5-6-8-15(14)21-16/h5-8,11-13,18H,9-10H2,1-4H3. The van der Waals surface area contributed by atoms with Crippen LogP contribution in [-0.4, -0.2) is 30.4 Å². The molecule has 0 aliphatic heterocycles. The van der Waals surface area contributed by atoms with E-state index in [-0.39, 0.29) is 11.9 Å². The van der Waals surface area contributed by atoms with E-state index >= 15 is 0 Å². The number of para-hydroxylation sites is 1. The van der Waals surface area contributed by atoms with Gasteiger partial charge in [-0.15, -0.1) is 0 Å². The highest BCUT2D eigenvalue weighted by atomic mass is 16.3. The molecule has 0 saturated heterocycles. The zero-order valence-electron chi connectivity index (χ0n) is 13.2. The highest BCUT2D eigenvalue weighted by Gasteiger charge is 2.20.